The first-order chi connectivity index (χ1) is 6.82. The van der Waals surface area contributed by atoms with Crippen LogP contribution in [0.3, 0.4) is 0 Å². The van der Waals surface area contributed by atoms with Gasteiger partial charge in [0.2, 0.25) is 0 Å². The van der Waals surface area contributed by atoms with Gasteiger partial charge >= 0.3 is 0 Å². The van der Waals surface area contributed by atoms with Crippen LogP contribution < -0.4 is 5.32 Å². The summed E-state index contributed by atoms with van der Waals surface area (Å²) >= 11 is 0. The summed E-state index contributed by atoms with van der Waals surface area (Å²) in [5.41, 5.74) is -0.786. The Bertz CT molecular complexity index is 362. The minimum atomic E-state index is -1.52. The summed E-state index contributed by atoms with van der Waals surface area (Å²) in [4.78, 5) is 11.4. The lowest BCUT2D eigenvalue weighted by Crippen LogP contribution is -2.37. The monoisotopic (exact) mass is 211 g/mol. The maximum Gasteiger partial charge on any atom is 0.255 e. The highest BCUT2D eigenvalue weighted by atomic mass is 19.1. The van der Waals surface area contributed by atoms with Gasteiger partial charge in [-0.25, -0.2) is 4.39 Å². The van der Waals surface area contributed by atoms with Crippen LogP contribution in [0.15, 0.2) is 18.2 Å². The molecule has 0 radical (unpaired) electrons. The van der Waals surface area contributed by atoms with Gasteiger partial charge in [0.25, 0.3) is 5.91 Å². The molecule has 0 unspecified atom stereocenters. The van der Waals surface area contributed by atoms with E-state index in [1.165, 1.54) is 19.9 Å². The summed E-state index contributed by atoms with van der Waals surface area (Å²) in [7, 11) is 0. The van der Waals surface area contributed by atoms with Gasteiger partial charge in [0.1, 0.15) is 11.4 Å². The fraction of sp³-hybridized carbons (Fsp3) is 0.364. The zero-order valence-corrected chi connectivity index (χ0v) is 8.97. The zero-order chi connectivity index (χ0) is 11.6. The molecule has 0 heterocycles. The van der Waals surface area contributed by atoms with Crippen LogP contribution in [0.25, 0.3) is 0 Å². The largest absolute Gasteiger partial charge is 0.381 e. The highest BCUT2D eigenvalue weighted by molar-refractivity contribution is 5.97. The molecule has 0 aliphatic rings. The molecule has 0 saturated heterocycles. The van der Waals surface area contributed by atoms with Crippen LogP contribution in [0.4, 0.5) is 10.1 Å². The number of hydrogen-bond acceptors (Lipinski definition) is 2. The lowest BCUT2D eigenvalue weighted by molar-refractivity contribution is -0.130. The molecule has 82 valence electrons. The van der Waals surface area contributed by atoms with E-state index in [0.717, 1.165) is 0 Å². The Morgan fingerprint density at radius 2 is 2.07 bits per heavy atom. The highest BCUT2D eigenvalue weighted by Crippen LogP contribution is 2.19. The van der Waals surface area contributed by atoms with E-state index >= 15 is 0 Å². The van der Waals surface area contributed by atoms with Crippen LogP contribution in [0.5, 0.6) is 0 Å². The molecule has 0 atom stereocenters. The summed E-state index contributed by atoms with van der Waals surface area (Å²) in [5.74, 6) is -1.14. The van der Waals surface area contributed by atoms with Gasteiger partial charge in [-0.3, -0.25) is 4.79 Å². The second-order valence-electron chi connectivity index (χ2n) is 3.94. The zero-order valence-electron chi connectivity index (χ0n) is 8.97. The summed E-state index contributed by atoms with van der Waals surface area (Å²) in [6, 6.07) is 4.50. The van der Waals surface area contributed by atoms with Crippen LogP contribution in [-0.4, -0.2) is 16.6 Å². The average molecular weight is 211 g/mol. The Morgan fingerprint density at radius 1 is 1.47 bits per heavy atom. The quantitative estimate of drug-likeness (QED) is 0.784. The van der Waals surface area contributed by atoms with Crippen molar-refractivity contribution in [2.45, 2.75) is 26.4 Å². The molecule has 0 aromatic heterocycles. The van der Waals surface area contributed by atoms with Gasteiger partial charge in [0.05, 0.1) is 5.69 Å². The number of nitrogens with one attached hydrogen (secondary N) is 1. The number of aryl methyl sites for hydroxylation is 1. The Kier molecular flexibility index (Phi) is 3.09. The van der Waals surface area contributed by atoms with Crippen LogP contribution >= 0.6 is 0 Å². The van der Waals surface area contributed by atoms with Crippen molar-refractivity contribution in [2.75, 3.05) is 5.32 Å². The minimum absolute atomic E-state index is 0.115. The molecule has 3 nitrogen and oxygen atoms in total. The number of carbonyl (C=O) groups excluding carboxylic acids is 1. The molecule has 1 amide bonds. The van der Waals surface area contributed by atoms with E-state index in [1.54, 1.807) is 19.1 Å². The third kappa shape index (κ3) is 2.76. The Hall–Kier alpha value is -1.42. The SMILES string of the molecule is Cc1cccc(F)c1NC(=O)C(C)(C)O. The van der Waals surface area contributed by atoms with Crippen molar-refractivity contribution in [3.8, 4) is 0 Å². The number of benzene rings is 1. The number of anilines is 1. The molecule has 15 heavy (non-hydrogen) atoms. The molecule has 0 aliphatic carbocycles. The Balaban J connectivity index is 2.95. The van der Waals surface area contributed by atoms with Crippen LogP contribution in [0, 0.1) is 12.7 Å². The lowest BCUT2D eigenvalue weighted by Gasteiger charge is -2.17. The molecule has 1 aromatic carbocycles. The van der Waals surface area contributed by atoms with Crippen molar-refractivity contribution in [3.05, 3.63) is 29.6 Å². The van der Waals surface area contributed by atoms with E-state index in [0.29, 0.717) is 5.56 Å². The number of rotatable bonds is 2. The van der Waals surface area contributed by atoms with Gasteiger partial charge in [0.15, 0.2) is 0 Å². The van der Waals surface area contributed by atoms with E-state index in [2.05, 4.69) is 5.32 Å². The molecule has 0 spiro atoms. The van der Waals surface area contributed by atoms with E-state index in [4.69, 9.17) is 0 Å². The van der Waals surface area contributed by atoms with Crippen molar-refractivity contribution < 1.29 is 14.3 Å². The maximum absolute atomic E-state index is 13.3. The summed E-state index contributed by atoms with van der Waals surface area (Å²) in [6.45, 7) is 4.38. The van der Waals surface area contributed by atoms with Gasteiger partial charge < -0.3 is 10.4 Å². The number of para-hydroxylation sites is 1. The first kappa shape index (κ1) is 11.7. The van der Waals surface area contributed by atoms with Crippen molar-refractivity contribution in [3.63, 3.8) is 0 Å². The van der Waals surface area contributed by atoms with Crippen molar-refractivity contribution in [2.24, 2.45) is 0 Å². The number of carbonyl (C=O) groups is 1. The highest BCUT2D eigenvalue weighted by Gasteiger charge is 2.24. The molecular weight excluding hydrogens is 197 g/mol. The van der Waals surface area contributed by atoms with Crippen molar-refractivity contribution >= 4 is 11.6 Å². The van der Waals surface area contributed by atoms with Gasteiger partial charge in [-0.15, -0.1) is 0 Å². The first-order valence-electron chi connectivity index (χ1n) is 4.61. The maximum atomic E-state index is 13.3. The molecule has 2 N–H and O–H groups in total. The number of hydrogen-bond donors (Lipinski definition) is 2. The molecule has 0 aliphatic heterocycles. The van der Waals surface area contributed by atoms with E-state index < -0.39 is 17.3 Å². The number of halogens is 1. The fourth-order valence-electron chi connectivity index (χ4n) is 1.06. The smallest absolute Gasteiger partial charge is 0.255 e. The van der Waals surface area contributed by atoms with Gasteiger partial charge in [-0.2, -0.15) is 0 Å². The fourth-order valence-corrected chi connectivity index (χ4v) is 1.06. The third-order valence-electron chi connectivity index (χ3n) is 2.02. The van der Waals surface area contributed by atoms with E-state index in [9.17, 15) is 14.3 Å². The van der Waals surface area contributed by atoms with Gasteiger partial charge in [-0.05, 0) is 32.4 Å². The van der Waals surface area contributed by atoms with Gasteiger partial charge in [-0.1, -0.05) is 12.1 Å². The summed E-state index contributed by atoms with van der Waals surface area (Å²) in [6.07, 6.45) is 0. The summed E-state index contributed by atoms with van der Waals surface area (Å²) < 4.78 is 13.3. The third-order valence-corrected chi connectivity index (χ3v) is 2.02. The number of aliphatic hydroxyl groups is 1. The first-order valence-corrected chi connectivity index (χ1v) is 4.61. The van der Waals surface area contributed by atoms with Crippen LogP contribution in [0.2, 0.25) is 0 Å². The van der Waals surface area contributed by atoms with Crippen LogP contribution in [-0.2, 0) is 4.79 Å². The molecule has 4 heteroatoms. The Morgan fingerprint density at radius 3 is 2.53 bits per heavy atom. The molecule has 0 saturated carbocycles. The predicted octanol–water partition coefficient (Wildman–Crippen LogP) is 1.84. The topological polar surface area (TPSA) is 49.3 Å². The molecule has 0 fully saturated rings. The minimum Gasteiger partial charge on any atom is -0.381 e. The van der Waals surface area contributed by atoms with Crippen LogP contribution in [0.1, 0.15) is 19.4 Å². The molecule has 1 rings (SSSR count). The van der Waals surface area contributed by atoms with Crippen molar-refractivity contribution in [1.82, 2.24) is 0 Å². The second kappa shape index (κ2) is 3.98. The summed E-state index contributed by atoms with van der Waals surface area (Å²) in [5, 5.41) is 11.7. The molecule has 1 aromatic rings. The second-order valence-corrected chi connectivity index (χ2v) is 3.94. The predicted molar refractivity (Wildman–Crippen MR) is 56.1 cm³/mol. The molecular formula is C11H14FNO2. The number of amides is 1. The van der Waals surface area contributed by atoms with Gasteiger partial charge in [0, 0.05) is 0 Å². The van der Waals surface area contributed by atoms with E-state index in [1.807, 2.05) is 0 Å². The lowest BCUT2D eigenvalue weighted by atomic mass is 10.1. The normalized spacial score (nSPS) is 11.3. The van der Waals surface area contributed by atoms with Crippen molar-refractivity contribution in [1.29, 1.82) is 0 Å². The van der Waals surface area contributed by atoms with E-state index in [-0.39, 0.29) is 5.69 Å². The molecule has 0 bridgehead atoms. The standard InChI is InChI=1S/C11H14FNO2/c1-7-5-4-6-8(12)9(7)13-10(14)11(2,3)15/h4-6,15H,1-3H3,(H,13,14). The Labute approximate surface area is 87.9 Å². The average Bonchev–Trinajstić information content (AvgIpc) is 2.09.